The van der Waals surface area contributed by atoms with Gasteiger partial charge in [0.1, 0.15) is 12.1 Å². The van der Waals surface area contributed by atoms with Crippen molar-refractivity contribution in [1.29, 1.82) is 5.26 Å². The number of aromatic nitrogens is 3. The maximum atomic E-state index is 13.2. The fraction of sp³-hybridized carbons (Fsp3) is 0.333. The van der Waals surface area contributed by atoms with Gasteiger partial charge in [-0.3, -0.25) is 4.79 Å². The van der Waals surface area contributed by atoms with Crippen LogP contribution in [0.25, 0.3) is 0 Å². The van der Waals surface area contributed by atoms with Gasteiger partial charge in [-0.15, -0.1) is 5.10 Å². The molecule has 1 aliphatic heterocycles. The van der Waals surface area contributed by atoms with Gasteiger partial charge in [0, 0.05) is 11.1 Å². The number of halogens is 3. The number of nitrogens with one attached hydrogen (secondary N) is 2. The Kier molecular flexibility index (Phi) is 4.55. The summed E-state index contributed by atoms with van der Waals surface area (Å²) in [5.41, 5.74) is 0.401. The van der Waals surface area contributed by atoms with E-state index in [1.54, 1.807) is 6.92 Å². The number of carbonyl (C=O) groups is 1. The van der Waals surface area contributed by atoms with E-state index in [1.165, 1.54) is 18.2 Å². The van der Waals surface area contributed by atoms with Crippen molar-refractivity contribution in [2.45, 2.75) is 31.9 Å². The molecule has 0 radical (unpaired) electrons. The first kappa shape index (κ1) is 17.1. The van der Waals surface area contributed by atoms with Crippen LogP contribution in [0.3, 0.4) is 0 Å². The van der Waals surface area contributed by atoms with Crippen molar-refractivity contribution in [2.24, 2.45) is 0 Å². The topological polar surface area (TPSA) is 95.6 Å². The summed E-state index contributed by atoms with van der Waals surface area (Å²) >= 11 is 5.87. The zero-order valence-corrected chi connectivity index (χ0v) is 13.8. The molecule has 0 saturated heterocycles. The molecule has 0 aliphatic carbocycles. The van der Waals surface area contributed by atoms with E-state index in [1.807, 2.05) is 6.07 Å². The molecule has 1 aromatic heterocycles. The number of hydrogen-bond donors (Lipinski definition) is 2. The van der Waals surface area contributed by atoms with E-state index in [0.29, 0.717) is 5.02 Å². The summed E-state index contributed by atoms with van der Waals surface area (Å²) in [6.07, 6.45) is -2.46. The molecule has 7 nitrogen and oxygen atoms in total. The number of carbonyl (C=O) groups excluding carboxylic acids is 1. The van der Waals surface area contributed by atoms with Crippen molar-refractivity contribution in [3.8, 4) is 6.07 Å². The lowest BCUT2D eigenvalue weighted by atomic mass is 10.1. The predicted molar refractivity (Wildman–Crippen MR) is 86.9 cm³/mol. The van der Waals surface area contributed by atoms with Crippen LogP contribution in [0.1, 0.15) is 35.6 Å². The highest BCUT2D eigenvalue weighted by Gasteiger charge is 2.34. The molecule has 1 aliphatic rings. The fourth-order valence-corrected chi connectivity index (χ4v) is 2.77. The minimum atomic E-state index is -2.63. The second kappa shape index (κ2) is 6.64. The van der Waals surface area contributed by atoms with Crippen LogP contribution in [0.5, 0.6) is 0 Å². The van der Waals surface area contributed by atoms with Gasteiger partial charge in [0.05, 0.1) is 11.3 Å². The first-order valence-electron chi connectivity index (χ1n) is 7.41. The Balaban J connectivity index is 1.89. The molecule has 0 spiro atoms. The minimum absolute atomic E-state index is 0.112. The van der Waals surface area contributed by atoms with Gasteiger partial charge in [0.25, 0.3) is 12.3 Å². The van der Waals surface area contributed by atoms with E-state index in [9.17, 15) is 13.6 Å². The quantitative estimate of drug-likeness (QED) is 0.870. The maximum Gasteiger partial charge on any atom is 0.295 e. The summed E-state index contributed by atoms with van der Waals surface area (Å²) in [4.78, 5) is 16.3. The lowest BCUT2D eigenvalue weighted by Crippen LogP contribution is -2.33. The van der Waals surface area contributed by atoms with Crippen molar-refractivity contribution >= 4 is 29.1 Å². The average Bonchev–Trinajstić information content (AvgIpc) is 2.98. The molecule has 2 atom stereocenters. The molecule has 10 heteroatoms. The molecular weight excluding hydrogens is 354 g/mol. The number of hydrogen-bond acceptors (Lipinski definition) is 5. The van der Waals surface area contributed by atoms with Crippen LogP contribution in [0.15, 0.2) is 18.2 Å². The molecule has 0 saturated carbocycles. The normalized spacial score (nSPS) is 19.0. The van der Waals surface area contributed by atoms with Crippen LogP contribution in [0.4, 0.5) is 20.4 Å². The van der Waals surface area contributed by atoms with Crippen molar-refractivity contribution < 1.29 is 13.6 Å². The molecule has 2 aromatic rings. The van der Waals surface area contributed by atoms with E-state index >= 15 is 0 Å². The minimum Gasteiger partial charge on any atom is -0.352 e. The van der Waals surface area contributed by atoms with Crippen LogP contribution in [-0.4, -0.2) is 33.1 Å². The molecule has 1 aromatic carbocycles. The molecule has 2 heterocycles. The van der Waals surface area contributed by atoms with Gasteiger partial charge in [-0.1, -0.05) is 11.6 Å². The first-order chi connectivity index (χ1) is 11.9. The van der Waals surface area contributed by atoms with Crippen molar-refractivity contribution in [3.05, 3.63) is 34.6 Å². The zero-order chi connectivity index (χ0) is 18.1. The molecule has 2 N–H and O–H groups in total. The van der Waals surface area contributed by atoms with Gasteiger partial charge in [-0.05, 0) is 31.5 Å². The maximum absolute atomic E-state index is 13.2. The number of nitriles is 1. The highest BCUT2D eigenvalue weighted by Crippen LogP contribution is 2.30. The Morgan fingerprint density at radius 3 is 3.00 bits per heavy atom. The van der Waals surface area contributed by atoms with Crippen LogP contribution < -0.4 is 10.6 Å². The van der Waals surface area contributed by atoms with Crippen molar-refractivity contribution in [2.75, 3.05) is 10.6 Å². The number of amides is 1. The Morgan fingerprint density at radius 2 is 2.32 bits per heavy atom. The van der Waals surface area contributed by atoms with Gasteiger partial charge in [0.2, 0.25) is 11.8 Å². The second-order valence-corrected chi connectivity index (χ2v) is 6.08. The highest BCUT2D eigenvalue weighted by molar-refractivity contribution is 6.31. The molecule has 25 heavy (non-hydrogen) atoms. The zero-order valence-electron chi connectivity index (χ0n) is 13.0. The summed E-state index contributed by atoms with van der Waals surface area (Å²) < 4.78 is 27.4. The summed E-state index contributed by atoms with van der Waals surface area (Å²) in [5.74, 6) is -0.880. The second-order valence-electron chi connectivity index (χ2n) is 5.64. The Bertz CT molecular complexity index is 862. The van der Waals surface area contributed by atoms with Crippen LogP contribution in [0, 0.1) is 11.3 Å². The SMILES string of the molecule is C[C@@H]1C[C@@H](C(F)F)n2nc(C(=O)Nc3cc(Cl)ccc3C#N)nc2N1. The van der Waals surface area contributed by atoms with E-state index in [-0.39, 0.29) is 35.5 Å². The monoisotopic (exact) mass is 366 g/mol. The van der Waals surface area contributed by atoms with Gasteiger partial charge in [0.15, 0.2) is 0 Å². The number of benzene rings is 1. The number of anilines is 2. The number of fused-ring (bicyclic) bond motifs is 1. The van der Waals surface area contributed by atoms with Crippen LogP contribution in [0.2, 0.25) is 5.02 Å². The third-order valence-corrected chi connectivity index (χ3v) is 4.00. The molecule has 0 bridgehead atoms. The summed E-state index contributed by atoms with van der Waals surface area (Å²) in [6.45, 7) is 1.75. The fourth-order valence-electron chi connectivity index (χ4n) is 2.60. The van der Waals surface area contributed by atoms with Gasteiger partial charge < -0.3 is 10.6 Å². The molecule has 3 rings (SSSR count). The lowest BCUT2D eigenvalue weighted by Gasteiger charge is -2.28. The Morgan fingerprint density at radius 1 is 1.56 bits per heavy atom. The van der Waals surface area contributed by atoms with E-state index < -0.39 is 18.4 Å². The Labute approximate surface area is 146 Å². The third kappa shape index (κ3) is 3.39. The number of rotatable bonds is 3. The van der Waals surface area contributed by atoms with E-state index in [2.05, 4.69) is 20.7 Å². The summed E-state index contributed by atoms with van der Waals surface area (Å²) in [7, 11) is 0. The van der Waals surface area contributed by atoms with Gasteiger partial charge in [-0.2, -0.15) is 10.2 Å². The summed E-state index contributed by atoms with van der Waals surface area (Å²) in [5, 5.41) is 18.7. The van der Waals surface area contributed by atoms with E-state index in [4.69, 9.17) is 16.9 Å². The molecule has 1 amide bonds. The number of nitrogens with zero attached hydrogens (tertiary/aromatic N) is 4. The average molecular weight is 367 g/mol. The van der Waals surface area contributed by atoms with Crippen LogP contribution >= 0.6 is 11.6 Å². The Hall–Kier alpha value is -2.73. The highest BCUT2D eigenvalue weighted by atomic mass is 35.5. The smallest absolute Gasteiger partial charge is 0.295 e. The summed E-state index contributed by atoms with van der Waals surface area (Å²) in [6, 6.07) is 4.94. The number of alkyl halides is 2. The molecular formula is C15H13ClF2N6O. The first-order valence-corrected chi connectivity index (χ1v) is 7.79. The van der Waals surface area contributed by atoms with Crippen molar-refractivity contribution in [3.63, 3.8) is 0 Å². The van der Waals surface area contributed by atoms with Gasteiger partial charge in [-0.25, -0.2) is 13.5 Å². The molecule has 130 valence electrons. The van der Waals surface area contributed by atoms with Crippen LogP contribution in [-0.2, 0) is 0 Å². The standard InChI is InChI=1S/C15H13ClF2N6O/c1-7-4-11(12(17)18)24-15(20-7)22-13(23-24)14(25)21-10-5-9(16)3-2-8(10)6-19/h2-3,5,7,11-12H,4H2,1H3,(H,21,25)(H,20,22,23)/t7-,11+/m1/s1. The third-order valence-electron chi connectivity index (χ3n) is 3.76. The lowest BCUT2D eigenvalue weighted by molar-refractivity contribution is 0.0662. The molecule has 0 unspecified atom stereocenters. The van der Waals surface area contributed by atoms with E-state index in [0.717, 1.165) is 4.68 Å². The molecule has 0 fully saturated rings. The van der Waals surface area contributed by atoms with Crippen molar-refractivity contribution in [1.82, 2.24) is 14.8 Å². The largest absolute Gasteiger partial charge is 0.352 e. The van der Waals surface area contributed by atoms with Gasteiger partial charge >= 0.3 is 0 Å². The predicted octanol–water partition coefficient (Wildman–Crippen LogP) is 3.07.